The Morgan fingerprint density at radius 3 is 2.54 bits per heavy atom. The van der Waals surface area contributed by atoms with E-state index in [0.717, 1.165) is 28.6 Å². The fourth-order valence-electron chi connectivity index (χ4n) is 3.64. The summed E-state index contributed by atoms with van der Waals surface area (Å²) in [6, 6.07) is 13.1. The van der Waals surface area contributed by atoms with Gasteiger partial charge in [0.15, 0.2) is 11.5 Å². The lowest BCUT2D eigenvalue weighted by Gasteiger charge is -2.32. The molecular formula is C20H22BrNO4. The maximum atomic E-state index is 11.8. The minimum Gasteiger partial charge on any atom is -0.493 e. The number of nitrogens with zero attached hydrogens (tertiary/aromatic N) is 1. The van der Waals surface area contributed by atoms with Crippen LogP contribution in [0.5, 0.6) is 11.5 Å². The van der Waals surface area contributed by atoms with E-state index in [1.54, 1.807) is 14.2 Å². The van der Waals surface area contributed by atoms with Crippen LogP contribution in [0.2, 0.25) is 0 Å². The Morgan fingerprint density at radius 1 is 1.15 bits per heavy atom. The van der Waals surface area contributed by atoms with Gasteiger partial charge in [0, 0.05) is 11.0 Å². The van der Waals surface area contributed by atoms with Gasteiger partial charge in [0.1, 0.15) is 6.04 Å². The zero-order chi connectivity index (χ0) is 18.7. The highest BCUT2D eigenvalue weighted by Gasteiger charge is 2.37. The van der Waals surface area contributed by atoms with Gasteiger partial charge in [-0.3, -0.25) is 9.69 Å². The van der Waals surface area contributed by atoms with Gasteiger partial charge in [-0.1, -0.05) is 34.1 Å². The zero-order valence-corrected chi connectivity index (χ0v) is 16.4. The van der Waals surface area contributed by atoms with Crippen LogP contribution < -0.4 is 9.47 Å². The summed E-state index contributed by atoms with van der Waals surface area (Å²) in [5.74, 6) is 0.513. The summed E-state index contributed by atoms with van der Waals surface area (Å²) in [6.45, 7) is 0.739. The van der Waals surface area contributed by atoms with Crippen LogP contribution in [0.15, 0.2) is 46.9 Å². The van der Waals surface area contributed by atoms with Gasteiger partial charge in [-0.25, -0.2) is 0 Å². The Bertz CT molecular complexity index is 795. The van der Waals surface area contributed by atoms with Crippen LogP contribution in [0.1, 0.15) is 30.0 Å². The zero-order valence-electron chi connectivity index (χ0n) is 14.8. The van der Waals surface area contributed by atoms with Crippen LogP contribution in [0.3, 0.4) is 0 Å². The molecule has 1 N–H and O–H groups in total. The van der Waals surface area contributed by atoms with Crippen molar-refractivity contribution >= 4 is 21.9 Å². The van der Waals surface area contributed by atoms with Crippen LogP contribution in [0.25, 0.3) is 0 Å². The Labute approximate surface area is 161 Å². The first-order valence-corrected chi connectivity index (χ1v) is 9.30. The molecule has 0 aliphatic carbocycles. The van der Waals surface area contributed by atoms with Gasteiger partial charge in [0.2, 0.25) is 0 Å². The van der Waals surface area contributed by atoms with Crippen molar-refractivity contribution in [1.82, 2.24) is 4.90 Å². The predicted octanol–water partition coefficient (Wildman–Crippen LogP) is 4.10. The van der Waals surface area contributed by atoms with Crippen LogP contribution in [0.4, 0.5) is 0 Å². The SMILES string of the molecule is COc1ccc(C(c2cccc(Br)c2)N2CCCC2C(=O)O)cc1OC. The standard InChI is InChI=1S/C20H22BrNO4/c1-25-17-9-8-14(12-18(17)26-2)19(13-5-3-6-15(21)11-13)22-10-4-7-16(22)20(23)24/h3,5-6,8-9,11-12,16,19H,4,7,10H2,1-2H3,(H,23,24). The summed E-state index contributed by atoms with van der Waals surface area (Å²) in [6.07, 6.45) is 1.53. The lowest BCUT2D eigenvalue weighted by Crippen LogP contribution is -2.39. The van der Waals surface area contributed by atoms with E-state index in [0.29, 0.717) is 17.9 Å². The highest BCUT2D eigenvalue weighted by molar-refractivity contribution is 9.10. The lowest BCUT2D eigenvalue weighted by atomic mass is 9.96. The van der Waals surface area contributed by atoms with Gasteiger partial charge in [0.25, 0.3) is 0 Å². The van der Waals surface area contributed by atoms with E-state index in [-0.39, 0.29) is 6.04 Å². The molecule has 2 unspecified atom stereocenters. The van der Waals surface area contributed by atoms with Crippen LogP contribution in [-0.4, -0.2) is 42.8 Å². The third-order valence-corrected chi connectivity index (χ3v) is 5.29. The number of hydrogen-bond acceptors (Lipinski definition) is 4. The maximum Gasteiger partial charge on any atom is 0.320 e. The summed E-state index contributed by atoms with van der Waals surface area (Å²) in [5, 5.41) is 9.67. The van der Waals surface area contributed by atoms with Crippen molar-refractivity contribution in [3.63, 3.8) is 0 Å². The van der Waals surface area contributed by atoms with E-state index in [2.05, 4.69) is 20.8 Å². The molecule has 0 radical (unpaired) electrons. The Kier molecular flexibility index (Phi) is 5.84. The average Bonchev–Trinajstić information content (AvgIpc) is 3.11. The summed E-state index contributed by atoms with van der Waals surface area (Å²) in [4.78, 5) is 13.8. The molecule has 1 aliphatic heterocycles. The van der Waals surface area contributed by atoms with Crippen molar-refractivity contribution in [2.75, 3.05) is 20.8 Å². The first-order valence-electron chi connectivity index (χ1n) is 8.51. The highest BCUT2D eigenvalue weighted by atomic mass is 79.9. The number of carboxylic acid groups (broad SMARTS) is 1. The molecule has 1 fully saturated rings. The number of likely N-dealkylation sites (tertiary alicyclic amines) is 1. The molecule has 2 atom stereocenters. The number of aliphatic carboxylic acids is 1. The van der Waals surface area contributed by atoms with E-state index in [1.165, 1.54) is 0 Å². The summed E-state index contributed by atoms with van der Waals surface area (Å²) in [5.41, 5.74) is 2.02. The minimum atomic E-state index is -0.775. The van der Waals surface area contributed by atoms with E-state index in [9.17, 15) is 9.90 Å². The molecule has 1 saturated heterocycles. The molecule has 138 valence electrons. The van der Waals surface area contributed by atoms with Gasteiger partial charge in [-0.2, -0.15) is 0 Å². The third-order valence-electron chi connectivity index (χ3n) is 4.80. The maximum absolute atomic E-state index is 11.8. The van der Waals surface area contributed by atoms with Crippen molar-refractivity contribution in [3.8, 4) is 11.5 Å². The Hall–Kier alpha value is -2.05. The number of halogens is 1. The molecule has 3 rings (SSSR count). The van der Waals surface area contributed by atoms with Crippen LogP contribution >= 0.6 is 15.9 Å². The summed E-state index contributed by atoms with van der Waals surface area (Å²) >= 11 is 3.53. The number of methoxy groups -OCH3 is 2. The molecule has 0 bridgehead atoms. The second-order valence-electron chi connectivity index (χ2n) is 6.31. The van der Waals surface area contributed by atoms with E-state index >= 15 is 0 Å². The van der Waals surface area contributed by atoms with Gasteiger partial charge in [0.05, 0.1) is 20.3 Å². The predicted molar refractivity (Wildman–Crippen MR) is 103 cm³/mol. The Balaban J connectivity index is 2.10. The van der Waals surface area contributed by atoms with E-state index in [4.69, 9.17) is 9.47 Å². The highest BCUT2D eigenvalue weighted by Crippen LogP contribution is 2.39. The molecule has 6 heteroatoms. The minimum absolute atomic E-state index is 0.170. The molecule has 1 aliphatic rings. The molecule has 2 aromatic rings. The number of rotatable bonds is 6. The van der Waals surface area contributed by atoms with Gasteiger partial charge in [-0.15, -0.1) is 0 Å². The molecular weight excluding hydrogens is 398 g/mol. The average molecular weight is 420 g/mol. The molecule has 2 aromatic carbocycles. The number of benzene rings is 2. The largest absolute Gasteiger partial charge is 0.493 e. The molecule has 26 heavy (non-hydrogen) atoms. The van der Waals surface area contributed by atoms with Crippen molar-refractivity contribution < 1.29 is 19.4 Å². The molecule has 0 amide bonds. The smallest absolute Gasteiger partial charge is 0.320 e. The van der Waals surface area contributed by atoms with Crippen molar-refractivity contribution in [2.24, 2.45) is 0 Å². The van der Waals surface area contributed by atoms with Crippen LogP contribution in [-0.2, 0) is 4.79 Å². The first-order chi connectivity index (χ1) is 12.5. The number of carbonyl (C=O) groups is 1. The molecule has 5 nitrogen and oxygen atoms in total. The van der Waals surface area contributed by atoms with Crippen LogP contribution in [0, 0.1) is 0 Å². The molecule has 1 heterocycles. The van der Waals surface area contributed by atoms with E-state index in [1.807, 2.05) is 42.5 Å². The fourth-order valence-corrected chi connectivity index (χ4v) is 4.06. The van der Waals surface area contributed by atoms with Crippen molar-refractivity contribution in [3.05, 3.63) is 58.1 Å². The summed E-state index contributed by atoms with van der Waals surface area (Å²) < 4.78 is 11.8. The third kappa shape index (κ3) is 3.71. The van der Waals surface area contributed by atoms with Crippen molar-refractivity contribution in [2.45, 2.75) is 24.9 Å². The molecule has 0 saturated carbocycles. The molecule has 0 aromatic heterocycles. The van der Waals surface area contributed by atoms with Gasteiger partial charge in [-0.05, 0) is 48.2 Å². The topological polar surface area (TPSA) is 59.0 Å². The normalized spacial score (nSPS) is 18.5. The molecule has 0 spiro atoms. The first kappa shape index (κ1) is 18.7. The summed E-state index contributed by atoms with van der Waals surface area (Å²) in [7, 11) is 3.20. The van der Waals surface area contributed by atoms with Crippen molar-refractivity contribution in [1.29, 1.82) is 0 Å². The monoisotopic (exact) mass is 419 g/mol. The second kappa shape index (κ2) is 8.10. The van der Waals surface area contributed by atoms with E-state index < -0.39 is 12.0 Å². The quantitative estimate of drug-likeness (QED) is 0.763. The lowest BCUT2D eigenvalue weighted by molar-refractivity contribution is -0.142. The number of hydrogen-bond donors (Lipinski definition) is 1. The number of carboxylic acids is 1. The van der Waals surface area contributed by atoms with Gasteiger partial charge < -0.3 is 14.6 Å². The fraction of sp³-hybridized carbons (Fsp3) is 0.350. The Morgan fingerprint density at radius 2 is 1.88 bits per heavy atom. The number of ether oxygens (including phenoxy) is 2. The second-order valence-corrected chi connectivity index (χ2v) is 7.22. The van der Waals surface area contributed by atoms with Gasteiger partial charge >= 0.3 is 5.97 Å².